The molecule has 0 heterocycles. The van der Waals surface area contributed by atoms with E-state index >= 15 is 0 Å². The number of hydrogen-bond donors (Lipinski definition) is 1. The summed E-state index contributed by atoms with van der Waals surface area (Å²) >= 11 is 0. The number of nitrogens with two attached hydrogens (primary N) is 1. The molecule has 0 saturated carbocycles. The zero-order valence-electron chi connectivity index (χ0n) is 12.1. The van der Waals surface area contributed by atoms with E-state index in [-0.39, 0.29) is 6.04 Å². The van der Waals surface area contributed by atoms with Crippen molar-refractivity contribution >= 4 is 10.8 Å². The molecular weight excluding hydrogens is 258 g/mol. The zero-order valence-corrected chi connectivity index (χ0v) is 12.1. The van der Waals surface area contributed by atoms with Crippen LogP contribution in [0.1, 0.15) is 24.1 Å². The van der Waals surface area contributed by atoms with Crippen LogP contribution in [0, 0.1) is 0 Å². The number of ether oxygens (including phenoxy) is 1. The van der Waals surface area contributed by atoms with Gasteiger partial charge in [0.25, 0.3) is 0 Å². The standard InChI is InChI=1S/C19H19NO/c1-14(20)17-10-4-5-12-19(17)21-13-16-9-6-8-15-7-2-3-11-18(15)16/h2-12,14H,13,20H2,1H3/t14-/m0/s1. The van der Waals surface area contributed by atoms with E-state index in [0.29, 0.717) is 6.61 Å². The Labute approximate surface area is 125 Å². The van der Waals surface area contributed by atoms with Crippen LogP contribution in [0.4, 0.5) is 0 Å². The van der Waals surface area contributed by atoms with E-state index in [1.165, 1.54) is 16.3 Å². The SMILES string of the molecule is C[C@H](N)c1ccccc1OCc1cccc2ccccc12. The van der Waals surface area contributed by atoms with Gasteiger partial charge < -0.3 is 10.5 Å². The van der Waals surface area contributed by atoms with Crippen molar-refractivity contribution in [3.05, 3.63) is 77.9 Å². The summed E-state index contributed by atoms with van der Waals surface area (Å²) < 4.78 is 6.01. The molecule has 1 atom stereocenters. The van der Waals surface area contributed by atoms with Crippen LogP contribution in [0.5, 0.6) is 5.75 Å². The number of fused-ring (bicyclic) bond motifs is 1. The highest BCUT2D eigenvalue weighted by Gasteiger charge is 2.08. The normalized spacial score (nSPS) is 12.3. The molecule has 0 aliphatic rings. The number of para-hydroxylation sites is 1. The summed E-state index contributed by atoms with van der Waals surface area (Å²) in [6.07, 6.45) is 0. The highest BCUT2D eigenvalue weighted by Crippen LogP contribution is 2.25. The summed E-state index contributed by atoms with van der Waals surface area (Å²) in [6.45, 7) is 2.52. The van der Waals surface area contributed by atoms with Crippen molar-refractivity contribution in [3.8, 4) is 5.75 Å². The third-order valence-electron chi connectivity index (χ3n) is 3.67. The molecule has 0 saturated heterocycles. The van der Waals surface area contributed by atoms with Crippen molar-refractivity contribution in [1.29, 1.82) is 0 Å². The van der Waals surface area contributed by atoms with Crippen molar-refractivity contribution in [2.45, 2.75) is 19.6 Å². The molecule has 21 heavy (non-hydrogen) atoms. The van der Waals surface area contributed by atoms with Gasteiger partial charge in [-0.15, -0.1) is 0 Å². The van der Waals surface area contributed by atoms with Gasteiger partial charge in [0.2, 0.25) is 0 Å². The van der Waals surface area contributed by atoms with Crippen molar-refractivity contribution < 1.29 is 4.74 Å². The molecule has 3 rings (SSSR count). The van der Waals surface area contributed by atoms with Gasteiger partial charge in [-0.1, -0.05) is 60.7 Å². The van der Waals surface area contributed by atoms with Crippen LogP contribution in [0.25, 0.3) is 10.8 Å². The molecule has 0 unspecified atom stereocenters. The molecule has 2 heteroatoms. The van der Waals surface area contributed by atoms with Crippen LogP contribution in [-0.2, 0) is 6.61 Å². The summed E-state index contributed by atoms with van der Waals surface area (Å²) in [6, 6.07) is 22.6. The summed E-state index contributed by atoms with van der Waals surface area (Å²) in [5.74, 6) is 0.862. The summed E-state index contributed by atoms with van der Waals surface area (Å²) in [5.41, 5.74) is 8.22. The molecule has 3 aromatic rings. The number of rotatable bonds is 4. The second kappa shape index (κ2) is 5.98. The minimum Gasteiger partial charge on any atom is -0.489 e. The van der Waals surface area contributed by atoms with Gasteiger partial charge in [-0.3, -0.25) is 0 Å². The maximum atomic E-state index is 6.01. The van der Waals surface area contributed by atoms with Gasteiger partial charge in [0.05, 0.1) is 0 Å². The topological polar surface area (TPSA) is 35.2 Å². The molecule has 0 radical (unpaired) electrons. The van der Waals surface area contributed by atoms with E-state index in [0.717, 1.165) is 11.3 Å². The molecule has 0 fully saturated rings. The van der Waals surface area contributed by atoms with Crippen molar-refractivity contribution in [2.24, 2.45) is 5.73 Å². The second-order valence-corrected chi connectivity index (χ2v) is 5.25. The molecule has 106 valence electrons. The lowest BCUT2D eigenvalue weighted by atomic mass is 10.1. The molecule has 0 aliphatic heterocycles. The highest BCUT2D eigenvalue weighted by atomic mass is 16.5. The first-order valence-electron chi connectivity index (χ1n) is 7.19. The van der Waals surface area contributed by atoms with Crippen molar-refractivity contribution in [2.75, 3.05) is 0 Å². The fourth-order valence-electron chi connectivity index (χ4n) is 2.56. The second-order valence-electron chi connectivity index (χ2n) is 5.25. The molecule has 3 aromatic carbocycles. The van der Waals surface area contributed by atoms with Gasteiger partial charge >= 0.3 is 0 Å². The molecule has 0 aliphatic carbocycles. The van der Waals surface area contributed by atoms with E-state index in [4.69, 9.17) is 10.5 Å². The summed E-state index contributed by atoms with van der Waals surface area (Å²) in [7, 11) is 0. The van der Waals surface area contributed by atoms with E-state index in [1.54, 1.807) is 0 Å². The largest absolute Gasteiger partial charge is 0.489 e. The van der Waals surface area contributed by atoms with Gasteiger partial charge in [-0.05, 0) is 29.3 Å². The van der Waals surface area contributed by atoms with Crippen LogP contribution in [0.2, 0.25) is 0 Å². The lowest BCUT2D eigenvalue weighted by molar-refractivity contribution is 0.303. The Morgan fingerprint density at radius 3 is 2.48 bits per heavy atom. The van der Waals surface area contributed by atoms with E-state index < -0.39 is 0 Å². The van der Waals surface area contributed by atoms with Gasteiger partial charge in [-0.25, -0.2) is 0 Å². The van der Waals surface area contributed by atoms with Gasteiger partial charge in [0.1, 0.15) is 12.4 Å². The third-order valence-corrected chi connectivity index (χ3v) is 3.67. The van der Waals surface area contributed by atoms with Crippen LogP contribution in [0.15, 0.2) is 66.7 Å². The van der Waals surface area contributed by atoms with Crippen LogP contribution < -0.4 is 10.5 Å². The average molecular weight is 277 g/mol. The average Bonchev–Trinajstić information content (AvgIpc) is 2.53. The molecular formula is C19H19NO. The minimum absolute atomic E-state index is 0.0336. The lowest BCUT2D eigenvalue weighted by Gasteiger charge is -2.14. The Morgan fingerprint density at radius 1 is 0.905 bits per heavy atom. The Kier molecular flexibility index (Phi) is 3.89. The molecule has 2 nitrogen and oxygen atoms in total. The maximum absolute atomic E-state index is 6.01. The number of benzene rings is 3. The predicted molar refractivity (Wildman–Crippen MR) is 87.3 cm³/mol. The first kappa shape index (κ1) is 13.7. The van der Waals surface area contributed by atoms with Crippen molar-refractivity contribution in [3.63, 3.8) is 0 Å². The molecule has 0 aromatic heterocycles. The van der Waals surface area contributed by atoms with Crippen LogP contribution in [-0.4, -0.2) is 0 Å². The maximum Gasteiger partial charge on any atom is 0.124 e. The van der Waals surface area contributed by atoms with Crippen molar-refractivity contribution in [1.82, 2.24) is 0 Å². The van der Waals surface area contributed by atoms with E-state index in [9.17, 15) is 0 Å². The van der Waals surface area contributed by atoms with E-state index in [1.807, 2.05) is 31.2 Å². The quantitative estimate of drug-likeness (QED) is 0.765. The lowest BCUT2D eigenvalue weighted by Crippen LogP contribution is -2.08. The first-order valence-corrected chi connectivity index (χ1v) is 7.19. The minimum atomic E-state index is -0.0336. The van der Waals surface area contributed by atoms with Gasteiger partial charge in [-0.2, -0.15) is 0 Å². The van der Waals surface area contributed by atoms with Gasteiger partial charge in [0.15, 0.2) is 0 Å². The summed E-state index contributed by atoms with van der Waals surface area (Å²) in [5, 5.41) is 2.47. The number of hydrogen-bond acceptors (Lipinski definition) is 2. The first-order chi connectivity index (χ1) is 10.3. The molecule has 2 N–H and O–H groups in total. The highest BCUT2D eigenvalue weighted by molar-refractivity contribution is 5.85. The molecule has 0 amide bonds. The molecule has 0 spiro atoms. The smallest absolute Gasteiger partial charge is 0.124 e. The predicted octanol–water partition coefficient (Wildman–Crippen LogP) is 4.44. The fraction of sp³-hybridized carbons (Fsp3) is 0.158. The third kappa shape index (κ3) is 2.91. The Morgan fingerprint density at radius 2 is 1.62 bits per heavy atom. The van der Waals surface area contributed by atoms with Gasteiger partial charge in [0, 0.05) is 11.6 Å². The summed E-state index contributed by atoms with van der Waals surface area (Å²) in [4.78, 5) is 0. The zero-order chi connectivity index (χ0) is 14.7. The Bertz CT molecular complexity index is 744. The fourth-order valence-corrected chi connectivity index (χ4v) is 2.56. The van der Waals surface area contributed by atoms with Crippen LogP contribution in [0.3, 0.4) is 0 Å². The molecule has 0 bridgehead atoms. The van der Waals surface area contributed by atoms with Crippen LogP contribution >= 0.6 is 0 Å². The Hall–Kier alpha value is -2.32. The Balaban J connectivity index is 1.87. The monoisotopic (exact) mass is 277 g/mol. The van der Waals surface area contributed by atoms with E-state index in [2.05, 4.69) is 42.5 Å².